The molecule has 1 amide bonds. The lowest BCUT2D eigenvalue weighted by Gasteiger charge is -2.22. The number of carbonyl (C=O) groups excluding carboxylic acids is 1. The number of rotatable bonds is 7. The van der Waals surface area contributed by atoms with Crippen molar-refractivity contribution in [2.24, 2.45) is 0 Å². The highest BCUT2D eigenvalue weighted by atomic mass is 79.9. The number of nitrogens with one attached hydrogen (secondary N) is 1. The Morgan fingerprint density at radius 3 is 2.26 bits per heavy atom. The Bertz CT molecular complexity index is 1180. The highest BCUT2D eigenvalue weighted by molar-refractivity contribution is 9.10. The summed E-state index contributed by atoms with van der Waals surface area (Å²) in [6.07, 6.45) is 0. The third-order valence-electron chi connectivity index (χ3n) is 4.47. The second-order valence-electron chi connectivity index (χ2n) is 6.88. The molecule has 9 heteroatoms. The fourth-order valence-electron chi connectivity index (χ4n) is 2.82. The Labute approximate surface area is 200 Å². The summed E-state index contributed by atoms with van der Waals surface area (Å²) in [5.41, 5.74) is 2.03. The minimum absolute atomic E-state index is 0.0834. The van der Waals surface area contributed by atoms with E-state index in [1.165, 1.54) is 18.2 Å². The lowest BCUT2D eigenvalue weighted by molar-refractivity contribution is -0.116. The predicted molar refractivity (Wildman–Crippen MR) is 128 cm³/mol. The van der Waals surface area contributed by atoms with E-state index in [4.69, 9.17) is 23.2 Å². The van der Waals surface area contributed by atoms with Crippen molar-refractivity contribution in [3.05, 3.63) is 92.4 Å². The zero-order valence-electron chi connectivity index (χ0n) is 16.5. The van der Waals surface area contributed by atoms with Gasteiger partial charge in [0.25, 0.3) is 0 Å². The van der Waals surface area contributed by atoms with Crippen molar-refractivity contribution < 1.29 is 13.2 Å². The Morgan fingerprint density at radius 2 is 1.65 bits per heavy atom. The fourth-order valence-corrected chi connectivity index (χ4v) is 4.93. The Morgan fingerprint density at radius 1 is 1.00 bits per heavy atom. The van der Waals surface area contributed by atoms with Crippen LogP contribution >= 0.6 is 39.1 Å². The van der Waals surface area contributed by atoms with E-state index in [0.29, 0.717) is 21.3 Å². The molecule has 0 atom stereocenters. The molecule has 0 fully saturated rings. The van der Waals surface area contributed by atoms with Gasteiger partial charge in [0.05, 0.1) is 11.4 Å². The minimum Gasteiger partial charge on any atom is -0.325 e. The van der Waals surface area contributed by atoms with Crippen LogP contribution in [0.2, 0.25) is 10.0 Å². The van der Waals surface area contributed by atoms with Crippen molar-refractivity contribution in [3.8, 4) is 0 Å². The van der Waals surface area contributed by atoms with Gasteiger partial charge in [-0.3, -0.25) is 4.79 Å². The predicted octanol–water partition coefficient (Wildman–Crippen LogP) is 5.89. The van der Waals surface area contributed by atoms with Gasteiger partial charge in [-0.1, -0.05) is 62.9 Å². The number of carbonyl (C=O) groups is 1. The molecule has 0 spiro atoms. The van der Waals surface area contributed by atoms with Crippen molar-refractivity contribution in [2.45, 2.75) is 18.4 Å². The first-order chi connectivity index (χ1) is 14.6. The number of aryl methyl sites for hydroxylation is 1. The van der Waals surface area contributed by atoms with E-state index in [0.717, 1.165) is 14.3 Å². The van der Waals surface area contributed by atoms with Gasteiger partial charge in [0.15, 0.2) is 0 Å². The molecular weight excluding hydrogens is 523 g/mol. The van der Waals surface area contributed by atoms with Gasteiger partial charge in [-0.05, 0) is 61.0 Å². The minimum atomic E-state index is -3.96. The number of benzene rings is 3. The summed E-state index contributed by atoms with van der Waals surface area (Å²) in [7, 11) is -3.96. The highest BCUT2D eigenvalue weighted by Crippen LogP contribution is 2.25. The van der Waals surface area contributed by atoms with Crippen molar-refractivity contribution in [3.63, 3.8) is 0 Å². The van der Waals surface area contributed by atoms with Gasteiger partial charge in [-0.15, -0.1) is 0 Å². The number of hydrogen-bond acceptors (Lipinski definition) is 3. The van der Waals surface area contributed by atoms with Crippen LogP contribution in [0.4, 0.5) is 5.69 Å². The zero-order chi connectivity index (χ0) is 22.6. The topological polar surface area (TPSA) is 66.5 Å². The molecule has 0 radical (unpaired) electrons. The van der Waals surface area contributed by atoms with E-state index >= 15 is 0 Å². The van der Waals surface area contributed by atoms with Gasteiger partial charge < -0.3 is 5.32 Å². The number of hydrogen-bond donors (Lipinski definition) is 1. The lowest BCUT2D eigenvalue weighted by Crippen LogP contribution is -2.37. The molecule has 1 N–H and O–H groups in total. The lowest BCUT2D eigenvalue weighted by atomic mass is 10.2. The van der Waals surface area contributed by atoms with E-state index in [1.807, 2.05) is 6.92 Å². The molecule has 0 saturated heterocycles. The maximum absolute atomic E-state index is 13.3. The second kappa shape index (κ2) is 10.1. The molecule has 3 aromatic rings. The molecule has 31 heavy (non-hydrogen) atoms. The molecule has 0 heterocycles. The van der Waals surface area contributed by atoms with E-state index in [9.17, 15) is 13.2 Å². The molecule has 0 aromatic heterocycles. The van der Waals surface area contributed by atoms with Crippen LogP contribution in [0.15, 0.2) is 76.1 Å². The van der Waals surface area contributed by atoms with E-state index in [-0.39, 0.29) is 18.0 Å². The van der Waals surface area contributed by atoms with Gasteiger partial charge >= 0.3 is 0 Å². The zero-order valence-corrected chi connectivity index (χ0v) is 20.4. The molecule has 0 unspecified atom stereocenters. The van der Waals surface area contributed by atoms with Gasteiger partial charge in [-0.2, -0.15) is 4.31 Å². The molecule has 0 bridgehead atoms. The quantitative estimate of drug-likeness (QED) is 0.405. The Kier molecular flexibility index (Phi) is 7.78. The van der Waals surface area contributed by atoms with E-state index in [2.05, 4.69) is 21.2 Å². The maximum atomic E-state index is 13.3. The number of anilines is 1. The number of amides is 1. The van der Waals surface area contributed by atoms with Gasteiger partial charge in [0, 0.05) is 26.8 Å². The van der Waals surface area contributed by atoms with Crippen molar-refractivity contribution in [2.75, 3.05) is 11.9 Å². The standard InChI is InChI=1S/C22H19BrCl2N2O3S/c1-15-2-10-20(11-3-15)31(29,30)27(13-16-4-7-18(24)12-21(16)25)14-22(28)26-19-8-5-17(23)6-9-19/h2-12H,13-14H2,1H3,(H,26,28). The number of nitrogens with zero attached hydrogens (tertiary/aromatic N) is 1. The maximum Gasteiger partial charge on any atom is 0.243 e. The summed E-state index contributed by atoms with van der Waals surface area (Å²) in [6, 6.07) is 18.3. The third-order valence-corrected chi connectivity index (χ3v) is 7.39. The molecule has 0 aliphatic carbocycles. The summed E-state index contributed by atoms with van der Waals surface area (Å²) in [5, 5.41) is 3.49. The average molecular weight is 542 g/mol. The molecule has 0 aliphatic heterocycles. The van der Waals surface area contributed by atoms with Gasteiger partial charge in [0.2, 0.25) is 15.9 Å². The van der Waals surface area contributed by atoms with Gasteiger partial charge in [-0.25, -0.2) is 8.42 Å². The molecule has 3 aromatic carbocycles. The SMILES string of the molecule is Cc1ccc(S(=O)(=O)N(CC(=O)Nc2ccc(Br)cc2)Cc2ccc(Cl)cc2Cl)cc1. The van der Waals surface area contributed by atoms with Crippen LogP contribution in [-0.4, -0.2) is 25.2 Å². The van der Waals surface area contributed by atoms with Crippen LogP contribution in [0.1, 0.15) is 11.1 Å². The Balaban J connectivity index is 1.90. The summed E-state index contributed by atoms with van der Waals surface area (Å²) in [4.78, 5) is 12.8. The molecule has 3 rings (SSSR count). The summed E-state index contributed by atoms with van der Waals surface area (Å²) < 4.78 is 28.6. The average Bonchev–Trinajstić information content (AvgIpc) is 2.71. The van der Waals surface area contributed by atoms with Crippen LogP contribution in [-0.2, 0) is 21.4 Å². The highest BCUT2D eigenvalue weighted by Gasteiger charge is 2.27. The molecule has 0 saturated carbocycles. The number of halogens is 3. The van der Waals surface area contributed by atoms with E-state index < -0.39 is 15.9 Å². The van der Waals surface area contributed by atoms with E-state index in [1.54, 1.807) is 48.5 Å². The fraction of sp³-hybridized carbons (Fsp3) is 0.136. The Hall–Kier alpha value is -1.90. The number of sulfonamides is 1. The summed E-state index contributed by atoms with van der Waals surface area (Å²) >= 11 is 15.6. The van der Waals surface area contributed by atoms with Crippen molar-refractivity contribution in [1.82, 2.24) is 4.31 Å². The molecule has 0 aliphatic rings. The van der Waals surface area contributed by atoms with Crippen molar-refractivity contribution >= 4 is 60.7 Å². The monoisotopic (exact) mass is 540 g/mol. The smallest absolute Gasteiger partial charge is 0.243 e. The summed E-state index contributed by atoms with van der Waals surface area (Å²) in [5.74, 6) is -0.469. The third kappa shape index (κ3) is 6.30. The van der Waals surface area contributed by atoms with Crippen LogP contribution < -0.4 is 5.32 Å². The molecule has 5 nitrogen and oxygen atoms in total. The van der Waals surface area contributed by atoms with Crippen LogP contribution in [0.5, 0.6) is 0 Å². The summed E-state index contributed by atoms with van der Waals surface area (Å²) in [6.45, 7) is 1.40. The largest absolute Gasteiger partial charge is 0.325 e. The first kappa shape index (κ1) is 23.8. The van der Waals surface area contributed by atoms with Crippen LogP contribution in [0.25, 0.3) is 0 Å². The van der Waals surface area contributed by atoms with Crippen molar-refractivity contribution in [1.29, 1.82) is 0 Å². The first-order valence-electron chi connectivity index (χ1n) is 9.21. The van der Waals surface area contributed by atoms with Gasteiger partial charge in [0.1, 0.15) is 0 Å². The second-order valence-corrected chi connectivity index (χ2v) is 10.6. The van der Waals surface area contributed by atoms with Crippen LogP contribution in [0.3, 0.4) is 0 Å². The normalized spacial score (nSPS) is 11.5. The molecule has 162 valence electrons. The molecular formula is C22H19BrCl2N2O3S. The van der Waals surface area contributed by atoms with Crippen LogP contribution in [0, 0.1) is 6.92 Å². The first-order valence-corrected chi connectivity index (χ1v) is 12.2.